The summed E-state index contributed by atoms with van der Waals surface area (Å²) in [7, 11) is 0. The van der Waals surface area contributed by atoms with Gasteiger partial charge in [0.25, 0.3) is 0 Å². The largest absolute Gasteiger partial charge is 0.235 e. The van der Waals surface area contributed by atoms with Crippen LogP contribution in [0, 0.1) is 11.3 Å². The molecule has 2 rings (SSSR count). The third-order valence-corrected chi connectivity index (χ3v) is 3.71. The number of hydrogen-bond acceptors (Lipinski definition) is 4. The normalized spacial score (nSPS) is 44.2. The van der Waals surface area contributed by atoms with Gasteiger partial charge in [0.05, 0.1) is 12.1 Å². The van der Waals surface area contributed by atoms with Crippen LogP contribution in [0.25, 0.3) is 0 Å². The second-order valence-corrected chi connectivity index (χ2v) is 4.58. The van der Waals surface area contributed by atoms with Gasteiger partial charge in [0.2, 0.25) is 12.2 Å². The molecule has 0 radical (unpaired) electrons. The summed E-state index contributed by atoms with van der Waals surface area (Å²) in [4.78, 5) is 28.0. The summed E-state index contributed by atoms with van der Waals surface area (Å²) in [6, 6.07) is 0.193. The van der Waals surface area contributed by atoms with Crippen LogP contribution >= 0.6 is 0 Å². The number of carbonyl (C=O) groups excluding carboxylic acids is 2. The molecule has 0 aromatic carbocycles. The van der Waals surface area contributed by atoms with Crippen molar-refractivity contribution in [3.05, 3.63) is 0 Å². The zero-order valence-electron chi connectivity index (χ0n) is 8.06. The molecule has 0 heterocycles. The van der Waals surface area contributed by atoms with Crippen LogP contribution < -0.4 is 0 Å². The van der Waals surface area contributed by atoms with E-state index in [2.05, 4.69) is 16.9 Å². The number of hydrogen-bond donors (Lipinski definition) is 0. The van der Waals surface area contributed by atoms with Gasteiger partial charge in [-0.2, -0.15) is 0 Å². The molecule has 2 aliphatic rings. The Hall–Kier alpha value is -1.24. The molecule has 4 heteroatoms. The summed E-state index contributed by atoms with van der Waals surface area (Å²) in [5.41, 5.74) is 0.0487. The zero-order valence-corrected chi connectivity index (χ0v) is 8.06. The number of fused-ring (bicyclic) bond motifs is 2. The Bertz CT molecular complexity index is 342. The Kier molecular flexibility index (Phi) is 2.10. The fourth-order valence-electron chi connectivity index (χ4n) is 3.04. The molecule has 0 aliphatic heterocycles. The van der Waals surface area contributed by atoms with Crippen molar-refractivity contribution < 1.29 is 9.59 Å². The number of isocyanates is 2. The van der Waals surface area contributed by atoms with Crippen molar-refractivity contribution in [2.75, 3.05) is 0 Å². The lowest BCUT2D eigenvalue weighted by Gasteiger charge is -2.29. The van der Waals surface area contributed by atoms with Gasteiger partial charge in [-0.15, -0.1) is 0 Å². The molecule has 0 spiro atoms. The molecule has 4 unspecified atom stereocenters. The van der Waals surface area contributed by atoms with E-state index in [1.54, 1.807) is 12.2 Å². The van der Waals surface area contributed by atoms with Crippen LogP contribution in [0.4, 0.5) is 0 Å². The third-order valence-electron chi connectivity index (χ3n) is 3.71. The van der Waals surface area contributed by atoms with E-state index < -0.39 is 0 Å². The number of aliphatic imine (C=N–C) groups is 2. The van der Waals surface area contributed by atoms with Crippen LogP contribution in [0.3, 0.4) is 0 Å². The van der Waals surface area contributed by atoms with Gasteiger partial charge in [-0.1, -0.05) is 6.92 Å². The van der Waals surface area contributed by atoms with E-state index in [4.69, 9.17) is 0 Å². The van der Waals surface area contributed by atoms with E-state index in [9.17, 15) is 9.59 Å². The SMILES string of the molecule is CC12CC(CC1N=C=O)C(N=C=O)C2. The monoisotopic (exact) mass is 192 g/mol. The van der Waals surface area contributed by atoms with E-state index >= 15 is 0 Å². The summed E-state index contributed by atoms with van der Waals surface area (Å²) in [6.45, 7) is 2.11. The number of rotatable bonds is 2. The topological polar surface area (TPSA) is 58.9 Å². The average molecular weight is 192 g/mol. The highest BCUT2D eigenvalue weighted by Gasteiger charge is 2.54. The van der Waals surface area contributed by atoms with Crippen molar-refractivity contribution >= 4 is 12.2 Å². The lowest BCUT2D eigenvalue weighted by Crippen LogP contribution is -2.30. The second-order valence-electron chi connectivity index (χ2n) is 4.58. The Morgan fingerprint density at radius 2 is 1.93 bits per heavy atom. The average Bonchev–Trinajstić information content (AvgIpc) is 2.59. The van der Waals surface area contributed by atoms with Crippen molar-refractivity contribution in [1.29, 1.82) is 0 Å². The molecule has 4 atom stereocenters. The molecule has 2 saturated carbocycles. The smallest absolute Gasteiger partial charge is 0.211 e. The van der Waals surface area contributed by atoms with E-state index in [1.165, 1.54) is 0 Å². The Morgan fingerprint density at radius 3 is 2.43 bits per heavy atom. The molecular formula is C10H12N2O2. The number of nitrogens with zero attached hydrogens (tertiary/aromatic N) is 2. The second kappa shape index (κ2) is 3.16. The molecule has 74 valence electrons. The molecule has 0 aromatic heterocycles. The highest BCUT2D eigenvalue weighted by atomic mass is 16.1. The minimum atomic E-state index is 0.0487. The van der Waals surface area contributed by atoms with Crippen LogP contribution in [0.15, 0.2) is 9.98 Å². The van der Waals surface area contributed by atoms with E-state index in [-0.39, 0.29) is 17.5 Å². The maximum absolute atomic E-state index is 10.2. The summed E-state index contributed by atoms with van der Waals surface area (Å²) < 4.78 is 0. The van der Waals surface area contributed by atoms with E-state index in [1.807, 2.05) is 0 Å². The molecule has 0 amide bonds. The molecule has 0 saturated heterocycles. The van der Waals surface area contributed by atoms with Crippen LogP contribution in [0.1, 0.15) is 26.2 Å². The van der Waals surface area contributed by atoms with Crippen molar-refractivity contribution in [2.24, 2.45) is 21.3 Å². The van der Waals surface area contributed by atoms with Crippen molar-refractivity contribution in [3.8, 4) is 0 Å². The molecule has 0 aromatic rings. The molecular weight excluding hydrogens is 180 g/mol. The first-order chi connectivity index (χ1) is 6.69. The molecule has 2 aliphatic carbocycles. The van der Waals surface area contributed by atoms with Gasteiger partial charge in [0.1, 0.15) is 0 Å². The predicted octanol–water partition coefficient (Wildman–Crippen LogP) is 1.22. The van der Waals surface area contributed by atoms with Crippen molar-refractivity contribution in [3.63, 3.8) is 0 Å². The first kappa shape index (κ1) is 9.32. The van der Waals surface area contributed by atoms with E-state index in [0.717, 1.165) is 19.3 Å². The minimum absolute atomic E-state index is 0.0487. The highest BCUT2D eigenvalue weighted by molar-refractivity contribution is 5.36. The third kappa shape index (κ3) is 1.24. The first-order valence-electron chi connectivity index (χ1n) is 4.83. The van der Waals surface area contributed by atoms with Gasteiger partial charge in [0.15, 0.2) is 0 Å². The summed E-state index contributed by atoms with van der Waals surface area (Å²) in [6.07, 6.45) is 5.98. The van der Waals surface area contributed by atoms with Gasteiger partial charge in [-0.3, -0.25) is 0 Å². The fraction of sp³-hybridized carbons (Fsp3) is 0.800. The minimum Gasteiger partial charge on any atom is -0.211 e. The molecule has 0 N–H and O–H groups in total. The quantitative estimate of drug-likeness (QED) is 0.487. The lowest BCUT2D eigenvalue weighted by atomic mass is 9.81. The summed E-state index contributed by atoms with van der Waals surface area (Å²) in [5, 5.41) is 0. The standard InChI is InChI=1S/C10H12N2O2/c1-10-3-7(2-9(10)12-6-14)8(4-10)11-5-13/h7-9H,2-4H2,1H3. The molecule has 14 heavy (non-hydrogen) atoms. The first-order valence-corrected chi connectivity index (χ1v) is 4.83. The van der Waals surface area contributed by atoms with Gasteiger partial charge < -0.3 is 0 Å². The summed E-state index contributed by atoms with van der Waals surface area (Å²) in [5.74, 6) is 0.406. The Morgan fingerprint density at radius 1 is 1.21 bits per heavy atom. The molecule has 2 fully saturated rings. The van der Waals surface area contributed by atoms with E-state index in [0.29, 0.717) is 5.92 Å². The molecule has 4 nitrogen and oxygen atoms in total. The Balaban J connectivity index is 2.19. The maximum Gasteiger partial charge on any atom is 0.235 e. The van der Waals surface area contributed by atoms with Crippen LogP contribution in [0.2, 0.25) is 0 Å². The predicted molar refractivity (Wildman–Crippen MR) is 49.3 cm³/mol. The van der Waals surface area contributed by atoms with Gasteiger partial charge in [0, 0.05) is 0 Å². The van der Waals surface area contributed by atoms with Crippen molar-refractivity contribution in [2.45, 2.75) is 38.3 Å². The zero-order chi connectivity index (χ0) is 10.2. The van der Waals surface area contributed by atoms with Crippen LogP contribution in [-0.2, 0) is 9.59 Å². The lowest BCUT2D eigenvalue weighted by molar-refractivity contribution is 0.267. The van der Waals surface area contributed by atoms with Gasteiger partial charge >= 0.3 is 0 Å². The van der Waals surface area contributed by atoms with Crippen molar-refractivity contribution in [1.82, 2.24) is 0 Å². The Labute approximate surface area is 82.1 Å². The maximum atomic E-state index is 10.2. The van der Waals surface area contributed by atoms with Gasteiger partial charge in [-0.25, -0.2) is 19.6 Å². The highest BCUT2D eigenvalue weighted by Crippen LogP contribution is 2.55. The molecule has 2 bridgehead atoms. The van der Waals surface area contributed by atoms with Gasteiger partial charge in [-0.05, 0) is 30.6 Å². The summed E-state index contributed by atoms with van der Waals surface area (Å²) >= 11 is 0. The van der Waals surface area contributed by atoms with Crippen LogP contribution in [0.5, 0.6) is 0 Å². The fourth-order valence-corrected chi connectivity index (χ4v) is 3.04. The van der Waals surface area contributed by atoms with Crippen LogP contribution in [-0.4, -0.2) is 24.2 Å².